The maximum absolute atomic E-state index is 12.1. The molecule has 3 aliphatic rings. The van der Waals surface area contributed by atoms with E-state index in [1.807, 2.05) is 6.07 Å². The first-order valence-electron chi connectivity index (χ1n) is 10.5. The largest absolute Gasteiger partial charge is 0.478 e. The van der Waals surface area contributed by atoms with Gasteiger partial charge in [0.1, 0.15) is 0 Å². The van der Waals surface area contributed by atoms with Crippen molar-refractivity contribution in [2.24, 2.45) is 0 Å². The number of aromatic nitrogens is 1. The zero-order valence-electron chi connectivity index (χ0n) is 15.8. The minimum absolute atomic E-state index is 0.242. The van der Waals surface area contributed by atoms with E-state index in [4.69, 9.17) is 9.72 Å². The summed E-state index contributed by atoms with van der Waals surface area (Å²) in [6, 6.07) is 4.37. The first-order valence-corrected chi connectivity index (χ1v) is 10.5. The van der Waals surface area contributed by atoms with E-state index in [-0.39, 0.29) is 6.04 Å². The predicted molar refractivity (Wildman–Crippen MR) is 101 cm³/mol. The molecule has 5 heteroatoms. The lowest BCUT2D eigenvalue weighted by atomic mass is 9.89. The van der Waals surface area contributed by atoms with Gasteiger partial charge >= 0.3 is 0 Å². The molecule has 0 N–H and O–H groups in total. The number of nitrogens with zero attached hydrogens (tertiary/aromatic N) is 3. The normalized spacial score (nSPS) is 23.5. The number of piperidine rings is 2. The number of hydrogen-bond acceptors (Lipinski definition) is 4. The molecule has 1 atom stereocenters. The minimum Gasteiger partial charge on any atom is -0.478 e. The van der Waals surface area contributed by atoms with Crippen LogP contribution in [0.2, 0.25) is 0 Å². The minimum atomic E-state index is 0.242. The summed E-state index contributed by atoms with van der Waals surface area (Å²) in [6.07, 6.45) is 10.0. The summed E-state index contributed by atoms with van der Waals surface area (Å²) in [5, 5.41) is 0. The molecule has 2 saturated heterocycles. The van der Waals surface area contributed by atoms with E-state index in [1.165, 1.54) is 50.9 Å². The Hall–Kier alpha value is -1.62. The van der Waals surface area contributed by atoms with Gasteiger partial charge in [-0.25, -0.2) is 4.98 Å². The van der Waals surface area contributed by atoms with Crippen molar-refractivity contribution in [1.29, 1.82) is 0 Å². The molecule has 1 aromatic heterocycles. The smallest absolute Gasteiger partial charge is 0.223 e. The Bertz CT molecular complexity index is 628. The van der Waals surface area contributed by atoms with Gasteiger partial charge in [-0.15, -0.1) is 0 Å². The van der Waals surface area contributed by atoms with Crippen LogP contribution in [0.25, 0.3) is 0 Å². The molecule has 5 nitrogen and oxygen atoms in total. The van der Waals surface area contributed by atoms with Gasteiger partial charge in [-0.05, 0) is 69.8 Å². The van der Waals surface area contributed by atoms with E-state index in [9.17, 15) is 4.79 Å². The number of fused-ring (bicyclic) bond motifs is 3. The number of likely N-dealkylation sites (tertiary alicyclic amines) is 1. The van der Waals surface area contributed by atoms with Crippen LogP contribution in [0.1, 0.15) is 68.7 Å². The predicted octanol–water partition coefficient (Wildman–Crippen LogP) is 3.34. The molecule has 1 amide bonds. The Kier molecular flexibility index (Phi) is 5.73. The van der Waals surface area contributed by atoms with E-state index in [0.29, 0.717) is 12.3 Å². The van der Waals surface area contributed by atoms with Gasteiger partial charge in [0.2, 0.25) is 11.8 Å². The average molecular weight is 357 g/mol. The van der Waals surface area contributed by atoms with Crippen molar-refractivity contribution >= 4 is 5.91 Å². The summed E-state index contributed by atoms with van der Waals surface area (Å²) in [7, 11) is 0. The summed E-state index contributed by atoms with van der Waals surface area (Å²) in [6.45, 7) is 5.30. The highest BCUT2D eigenvalue weighted by molar-refractivity contribution is 5.78. The van der Waals surface area contributed by atoms with Crippen LogP contribution in [0.5, 0.6) is 5.88 Å². The highest BCUT2D eigenvalue weighted by Gasteiger charge is 2.34. The summed E-state index contributed by atoms with van der Waals surface area (Å²) in [5.41, 5.74) is 2.37. The number of pyridine rings is 1. The van der Waals surface area contributed by atoms with Gasteiger partial charge < -0.3 is 14.5 Å². The number of amides is 1. The average Bonchev–Trinajstić information content (AvgIpc) is 2.68. The van der Waals surface area contributed by atoms with Crippen LogP contribution in [-0.4, -0.2) is 53.5 Å². The highest BCUT2D eigenvalue weighted by atomic mass is 16.5. The van der Waals surface area contributed by atoms with Crippen molar-refractivity contribution in [1.82, 2.24) is 14.8 Å². The summed E-state index contributed by atoms with van der Waals surface area (Å²) in [4.78, 5) is 21.5. The third kappa shape index (κ3) is 4.03. The summed E-state index contributed by atoms with van der Waals surface area (Å²) in [5.74, 6) is 1.05. The van der Waals surface area contributed by atoms with Gasteiger partial charge in [0.25, 0.3) is 0 Å². The van der Waals surface area contributed by atoms with Crippen molar-refractivity contribution in [3.8, 4) is 5.88 Å². The molecule has 142 valence electrons. The van der Waals surface area contributed by atoms with Gasteiger partial charge in [-0.2, -0.15) is 0 Å². The van der Waals surface area contributed by atoms with Crippen LogP contribution in [0.15, 0.2) is 12.1 Å². The van der Waals surface area contributed by atoms with E-state index in [2.05, 4.69) is 15.9 Å². The quantitative estimate of drug-likeness (QED) is 0.733. The van der Waals surface area contributed by atoms with Gasteiger partial charge in [0.05, 0.1) is 18.3 Å². The first-order chi connectivity index (χ1) is 12.8. The molecule has 0 radical (unpaired) electrons. The lowest BCUT2D eigenvalue weighted by Gasteiger charge is -2.40. The van der Waals surface area contributed by atoms with Gasteiger partial charge in [-0.1, -0.05) is 6.42 Å². The van der Waals surface area contributed by atoms with E-state index < -0.39 is 0 Å². The van der Waals surface area contributed by atoms with Crippen LogP contribution < -0.4 is 4.74 Å². The number of carbonyl (C=O) groups excluding carboxylic acids is 1. The molecule has 4 heterocycles. The van der Waals surface area contributed by atoms with Crippen LogP contribution in [0, 0.1) is 0 Å². The summed E-state index contributed by atoms with van der Waals surface area (Å²) < 4.78 is 5.91. The highest BCUT2D eigenvalue weighted by Crippen LogP contribution is 2.37. The van der Waals surface area contributed by atoms with E-state index >= 15 is 0 Å². The lowest BCUT2D eigenvalue weighted by Crippen LogP contribution is -2.42. The van der Waals surface area contributed by atoms with Gasteiger partial charge in [0, 0.05) is 25.5 Å². The molecular formula is C21H31N3O2. The molecular weight excluding hydrogens is 326 g/mol. The third-order valence-electron chi connectivity index (χ3n) is 6.06. The Morgan fingerprint density at radius 3 is 2.81 bits per heavy atom. The Labute approximate surface area is 156 Å². The molecule has 0 saturated carbocycles. The number of rotatable bonds is 6. The van der Waals surface area contributed by atoms with Crippen molar-refractivity contribution in [3.05, 3.63) is 23.4 Å². The molecule has 3 aliphatic heterocycles. The van der Waals surface area contributed by atoms with Gasteiger partial charge in [-0.3, -0.25) is 4.79 Å². The molecule has 26 heavy (non-hydrogen) atoms. The maximum Gasteiger partial charge on any atom is 0.223 e. The number of ether oxygens (including phenoxy) is 1. The van der Waals surface area contributed by atoms with E-state index in [1.54, 1.807) is 0 Å². The van der Waals surface area contributed by atoms with Crippen molar-refractivity contribution in [2.75, 3.05) is 32.8 Å². The molecule has 0 spiro atoms. The Balaban J connectivity index is 1.26. The van der Waals surface area contributed by atoms with Gasteiger partial charge in [0.15, 0.2) is 0 Å². The molecule has 0 bridgehead atoms. The first kappa shape index (κ1) is 17.8. The fourth-order valence-electron chi connectivity index (χ4n) is 4.62. The summed E-state index contributed by atoms with van der Waals surface area (Å²) >= 11 is 0. The molecule has 2 fully saturated rings. The van der Waals surface area contributed by atoms with Crippen LogP contribution in [0.4, 0.5) is 0 Å². The fourth-order valence-corrected chi connectivity index (χ4v) is 4.62. The maximum atomic E-state index is 12.1. The SMILES string of the molecule is O=C1CCCC2c3ccc(OCCCCN4CCCCC4)nc3CCN12. The van der Waals surface area contributed by atoms with E-state index in [0.717, 1.165) is 50.4 Å². The fraction of sp³-hybridized carbons (Fsp3) is 0.714. The third-order valence-corrected chi connectivity index (χ3v) is 6.06. The van der Waals surface area contributed by atoms with Crippen LogP contribution in [0.3, 0.4) is 0 Å². The second-order valence-corrected chi connectivity index (χ2v) is 7.89. The zero-order chi connectivity index (χ0) is 17.8. The molecule has 0 aliphatic carbocycles. The molecule has 1 unspecified atom stereocenters. The Morgan fingerprint density at radius 2 is 1.92 bits per heavy atom. The monoisotopic (exact) mass is 357 g/mol. The van der Waals surface area contributed by atoms with Crippen LogP contribution in [-0.2, 0) is 11.2 Å². The van der Waals surface area contributed by atoms with Crippen LogP contribution >= 0.6 is 0 Å². The topological polar surface area (TPSA) is 45.7 Å². The number of hydrogen-bond donors (Lipinski definition) is 0. The lowest BCUT2D eigenvalue weighted by molar-refractivity contribution is -0.137. The number of unbranched alkanes of at least 4 members (excludes halogenated alkanes) is 1. The number of carbonyl (C=O) groups is 1. The Morgan fingerprint density at radius 1 is 1.04 bits per heavy atom. The zero-order valence-corrected chi connectivity index (χ0v) is 15.8. The van der Waals surface area contributed by atoms with Crippen molar-refractivity contribution < 1.29 is 9.53 Å². The van der Waals surface area contributed by atoms with Crippen molar-refractivity contribution in [3.63, 3.8) is 0 Å². The second kappa shape index (κ2) is 8.38. The second-order valence-electron chi connectivity index (χ2n) is 7.89. The van der Waals surface area contributed by atoms with Crippen molar-refractivity contribution in [2.45, 2.75) is 63.8 Å². The molecule has 0 aromatic carbocycles. The molecule has 4 rings (SSSR count). The molecule has 1 aromatic rings. The standard InChI is InChI=1S/C21H31N3O2/c25-21-8-6-7-19-17-9-10-20(22-18(17)11-15-24(19)21)26-16-5-4-14-23-12-2-1-3-13-23/h9-10,19H,1-8,11-16H2.